The van der Waals surface area contributed by atoms with Crippen molar-refractivity contribution in [2.75, 3.05) is 12.4 Å². The molecule has 0 aliphatic heterocycles. The van der Waals surface area contributed by atoms with Crippen LogP contribution in [0.15, 0.2) is 22.7 Å². The van der Waals surface area contributed by atoms with Crippen LogP contribution in [0.5, 0.6) is 0 Å². The molecule has 0 aliphatic rings. The van der Waals surface area contributed by atoms with Gasteiger partial charge in [-0.3, -0.25) is 4.79 Å². The minimum Gasteiger partial charge on any atom is -0.336 e. The van der Waals surface area contributed by atoms with Crippen LogP contribution < -0.4 is 0 Å². The lowest BCUT2D eigenvalue weighted by atomic mass is 10.1. The minimum absolute atomic E-state index is 0.0236. The summed E-state index contributed by atoms with van der Waals surface area (Å²) in [5.41, 5.74) is 0.589. The molecule has 0 bridgehead atoms. The second-order valence-corrected chi connectivity index (χ2v) is 5.93. The molecular formula is C13H16BrCl2NO. The molecule has 0 N–H and O–H groups in total. The molecule has 1 amide bonds. The van der Waals surface area contributed by atoms with Crippen LogP contribution in [0.1, 0.15) is 30.6 Å². The summed E-state index contributed by atoms with van der Waals surface area (Å²) in [5, 5.41) is 0.558. The van der Waals surface area contributed by atoms with E-state index in [9.17, 15) is 4.79 Å². The maximum absolute atomic E-state index is 12.5. The SMILES string of the molecule is CC(C)N(CCCCl)C(=O)c1cc(Cl)ccc1Br. The first-order chi connectivity index (χ1) is 8.47. The third kappa shape index (κ3) is 4.15. The Hall–Kier alpha value is -0.250. The molecular weight excluding hydrogens is 337 g/mol. The van der Waals surface area contributed by atoms with Crippen LogP contribution in [0, 0.1) is 0 Å². The van der Waals surface area contributed by atoms with Gasteiger partial charge in [0.15, 0.2) is 0 Å². The summed E-state index contributed by atoms with van der Waals surface area (Å²) in [6.07, 6.45) is 0.781. The van der Waals surface area contributed by atoms with Crippen molar-refractivity contribution in [3.63, 3.8) is 0 Å². The Bertz CT molecular complexity index is 423. The lowest BCUT2D eigenvalue weighted by Crippen LogP contribution is -2.38. The van der Waals surface area contributed by atoms with E-state index >= 15 is 0 Å². The zero-order valence-corrected chi connectivity index (χ0v) is 13.5. The highest BCUT2D eigenvalue weighted by Gasteiger charge is 2.20. The molecule has 0 atom stereocenters. The number of carbonyl (C=O) groups is 1. The van der Waals surface area contributed by atoms with Gasteiger partial charge >= 0.3 is 0 Å². The third-order valence-electron chi connectivity index (χ3n) is 2.58. The van der Waals surface area contributed by atoms with Crippen LogP contribution in [0.3, 0.4) is 0 Å². The van der Waals surface area contributed by atoms with E-state index in [2.05, 4.69) is 15.9 Å². The molecule has 0 spiro atoms. The highest BCUT2D eigenvalue weighted by atomic mass is 79.9. The lowest BCUT2D eigenvalue weighted by Gasteiger charge is -2.27. The fourth-order valence-corrected chi connectivity index (χ4v) is 2.35. The van der Waals surface area contributed by atoms with Gasteiger partial charge in [-0.2, -0.15) is 0 Å². The van der Waals surface area contributed by atoms with Crippen LogP contribution in [-0.4, -0.2) is 29.3 Å². The molecule has 0 aliphatic carbocycles. The summed E-state index contributed by atoms with van der Waals surface area (Å²) in [6.45, 7) is 4.63. The van der Waals surface area contributed by atoms with E-state index in [1.54, 1.807) is 23.1 Å². The number of carbonyl (C=O) groups excluding carboxylic acids is 1. The Morgan fingerprint density at radius 2 is 2.11 bits per heavy atom. The molecule has 0 aromatic heterocycles. The summed E-state index contributed by atoms with van der Waals surface area (Å²) in [5.74, 6) is 0.525. The number of halogens is 3. The zero-order valence-electron chi connectivity index (χ0n) is 10.4. The quantitative estimate of drug-likeness (QED) is 0.710. The van der Waals surface area contributed by atoms with E-state index in [1.807, 2.05) is 13.8 Å². The summed E-state index contributed by atoms with van der Waals surface area (Å²) in [4.78, 5) is 14.3. The van der Waals surface area contributed by atoms with Gasteiger partial charge in [-0.1, -0.05) is 11.6 Å². The fourth-order valence-electron chi connectivity index (χ4n) is 1.64. The highest BCUT2D eigenvalue weighted by Crippen LogP contribution is 2.23. The van der Waals surface area contributed by atoms with Crippen LogP contribution in [-0.2, 0) is 0 Å². The third-order valence-corrected chi connectivity index (χ3v) is 3.77. The Morgan fingerprint density at radius 1 is 1.44 bits per heavy atom. The number of amides is 1. The largest absolute Gasteiger partial charge is 0.336 e. The topological polar surface area (TPSA) is 20.3 Å². The smallest absolute Gasteiger partial charge is 0.255 e. The molecule has 0 saturated heterocycles. The summed E-state index contributed by atoms with van der Waals surface area (Å²) in [7, 11) is 0. The van der Waals surface area contributed by atoms with Crippen LogP contribution in [0.2, 0.25) is 5.02 Å². The number of hydrogen-bond acceptors (Lipinski definition) is 1. The number of rotatable bonds is 5. The molecule has 0 heterocycles. The van der Waals surface area contributed by atoms with Crippen molar-refractivity contribution in [1.29, 1.82) is 0 Å². The maximum atomic E-state index is 12.5. The first-order valence-electron chi connectivity index (χ1n) is 5.79. The zero-order chi connectivity index (χ0) is 13.7. The van der Waals surface area contributed by atoms with Crippen molar-refractivity contribution in [1.82, 2.24) is 4.90 Å². The van der Waals surface area contributed by atoms with Crippen molar-refractivity contribution in [2.24, 2.45) is 0 Å². The molecule has 1 aromatic rings. The molecule has 5 heteroatoms. The number of nitrogens with zero attached hydrogens (tertiary/aromatic N) is 1. The van der Waals surface area contributed by atoms with Crippen molar-refractivity contribution in [3.8, 4) is 0 Å². The molecule has 0 unspecified atom stereocenters. The molecule has 1 aromatic carbocycles. The second kappa shape index (κ2) is 7.37. The summed E-state index contributed by atoms with van der Waals surface area (Å²) in [6, 6.07) is 5.35. The fraction of sp³-hybridized carbons (Fsp3) is 0.462. The van der Waals surface area contributed by atoms with Crippen LogP contribution >= 0.6 is 39.1 Å². The molecule has 0 radical (unpaired) electrons. The van der Waals surface area contributed by atoms with E-state index in [4.69, 9.17) is 23.2 Å². The molecule has 100 valence electrons. The Kier molecular flexibility index (Phi) is 6.47. The standard InChI is InChI=1S/C13H16BrCl2NO/c1-9(2)17(7-3-6-15)13(18)11-8-10(16)4-5-12(11)14/h4-5,8-9H,3,6-7H2,1-2H3. The van der Waals surface area contributed by atoms with Gasteiger partial charge in [-0.25, -0.2) is 0 Å². The van der Waals surface area contributed by atoms with E-state index in [0.717, 1.165) is 10.9 Å². The van der Waals surface area contributed by atoms with Gasteiger partial charge < -0.3 is 4.90 Å². The van der Waals surface area contributed by atoms with E-state index in [0.29, 0.717) is 23.0 Å². The molecule has 2 nitrogen and oxygen atoms in total. The second-order valence-electron chi connectivity index (χ2n) is 4.26. The predicted octanol–water partition coefficient (Wildman–Crippen LogP) is 4.58. The number of alkyl halides is 1. The normalized spacial score (nSPS) is 10.8. The minimum atomic E-state index is -0.0236. The average Bonchev–Trinajstić information content (AvgIpc) is 2.32. The van der Waals surface area contributed by atoms with Gasteiger partial charge in [0.05, 0.1) is 5.56 Å². The van der Waals surface area contributed by atoms with Crippen molar-refractivity contribution < 1.29 is 4.79 Å². The first-order valence-corrected chi connectivity index (χ1v) is 7.50. The molecule has 1 rings (SSSR count). The van der Waals surface area contributed by atoms with Crippen LogP contribution in [0.25, 0.3) is 0 Å². The number of hydrogen-bond donors (Lipinski definition) is 0. The lowest BCUT2D eigenvalue weighted by molar-refractivity contribution is 0.0705. The van der Waals surface area contributed by atoms with Gasteiger partial charge in [-0.05, 0) is 54.4 Å². The first kappa shape index (κ1) is 15.8. The van der Waals surface area contributed by atoms with Crippen molar-refractivity contribution in [3.05, 3.63) is 33.3 Å². The Labute approximate surface area is 126 Å². The Morgan fingerprint density at radius 3 is 2.67 bits per heavy atom. The van der Waals surface area contributed by atoms with Gasteiger partial charge in [0.2, 0.25) is 0 Å². The van der Waals surface area contributed by atoms with Gasteiger partial charge in [0.25, 0.3) is 5.91 Å². The average molecular weight is 353 g/mol. The molecule has 0 fully saturated rings. The van der Waals surface area contributed by atoms with Gasteiger partial charge in [0, 0.05) is 28.0 Å². The summed E-state index contributed by atoms with van der Waals surface area (Å²) < 4.78 is 0.758. The van der Waals surface area contributed by atoms with Gasteiger partial charge in [-0.15, -0.1) is 11.6 Å². The van der Waals surface area contributed by atoms with Gasteiger partial charge in [0.1, 0.15) is 0 Å². The molecule has 18 heavy (non-hydrogen) atoms. The van der Waals surface area contributed by atoms with E-state index in [-0.39, 0.29) is 11.9 Å². The van der Waals surface area contributed by atoms with E-state index in [1.165, 1.54) is 0 Å². The summed E-state index contributed by atoms with van der Waals surface area (Å²) >= 11 is 15.0. The van der Waals surface area contributed by atoms with Crippen molar-refractivity contribution >= 4 is 45.0 Å². The van der Waals surface area contributed by atoms with Crippen molar-refractivity contribution in [2.45, 2.75) is 26.3 Å². The monoisotopic (exact) mass is 351 g/mol. The number of benzene rings is 1. The molecule has 0 saturated carbocycles. The predicted molar refractivity (Wildman–Crippen MR) is 80.7 cm³/mol. The van der Waals surface area contributed by atoms with Crippen LogP contribution in [0.4, 0.5) is 0 Å². The highest BCUT2D eigenvalue weighted by molar-refractivity contribution is 9.10. The Balaban J connectivity index is 2.98. The van der Waals surface area contributed by atoms with E-state index < -0.39 is 0 Å². The maximum Gasteiger partial charge on any atom is 0.255 e.